The summed E-state index contributed by atoms with van der Waals surface area (Å²) < 4.78 is 23.9. The number of aromatic nitrogens is 3. The number of rotatable bonds is 7. The number of benzene rings is 2. The molecular formula is C22H22N4O5. The summed E-state index contributed by atoms with van der Waals surface area (Å²) in [6.45, 7) is 3.42. The van der Waals surface area contributed by atoms with E-state index in [-0.39, 0.29) is 18.7 Å². The summed E-state index contributed by atoms with van der Waals surface area (Å²) in [5, 5.41) is 8.34. The molecule has 1 fully saturated rings. The van der Waals surface area contributed by atoms with E-state index in [1.54, 1.807) is 34.7 Å². The molecule has 0 saturated carbocycles. The Hall–Kier alpha value is -3.75. The number of carbonyl (C=O) groups is 1. The molecule has 1 saturated heterocycles. The van der Waals surface area contributed by atoms with Gasteiger partial charge in [0.2, 0.25) is 6.79 Å². The van der Waals surface area contributed by atoms with Gasteiger partial charge >= 0.3 is 0 Å². The van der Waals surface area contributed by atoms with Gasteiger partial charge in [0.25, 0.3) is 5.91 Å². The molecule has 0 bridgehead atoms. The summed E-state index contributed by atoms with van der Waals surface area (Å²) in [6.07, 6.45) is 1.26. The van der Waals surface area contributed by atoms with Gasteiger partial charge in [0.05, 0.1) is 12.2 Å². The molecule has 160 valence electrons. The van der Waals surface area contributed by atoms with Gasteiger partial charge < -0.3 is 23.8 Å². The fourth-order valence-electron chi connectivity index (χ4n) is 3.50. The van der Waals surface area contributed by atoms with Gasteiger partial charge in [-0.15, -0.1) is 5.10 Å². The van der Waals surface area contributed by atoms with E-state index in [1.807, 2.05) is 36.5 Å². The van der Waals surface area contributed by atoms with Crippen molar-refractivity contribution < 1.29 is 23.7 Å². The zero-order valence-electron chi connectivity index (χ0n) is 17.0. The number of carbonyl (C=O) groups excluding carboxylic acids is 1. The van der Waals surface area contributed by atoms with Crippen LogP contribution in [0.1, 0.15) is 18.7 Å². The third-order valence-corrected chi connectivity index (χ3v) is 5.24. The van der Waals surface area contributed by atoms with Crippen LogP contribution in [0.5, 0.6) is 23.0 Å². The van der Waals surface area contributed by atoms with Gasteiger partial charge in [-0.2, -0.15) is 0 Å². The number of amides is 1. The molecule has 1 atom stereocenters. The van der Waals surface area contributed by atoms with Gasteiger partial charge in [0.1, 0.15) is 23.8 Å². The minimum atomic E-state index is -0.605. The number of nitrogens with zero attached hydrogens (tertiary/aromatic N) is 4. The second-order valence-corrected chi connectivity index (χ2v) is 7.46. The number of ether oxygens (including phenoxy) is 4. The van der Waals surface area contributed by atoms with Crippen LogP contribution in [0.25, 0.3) is 0 Å². The smallest absolute Gasteiger partial charge is 0.263 e. The minimum Gasteiger partial charge on any atom is -0.487 e. The van der Waals surface area contributed by atoms with E-state index in [0.29, 0.717) is 36.9 Å². The summed E-state index contributed by atoms with van der Waals surface area (Å²) in [5.41, 5.74) is 0.744. The second kappa shape index (κ2) is 8.17. The fourth-order valence-corrected chi connectivity index (χ4v) is 3.50. The van der Waals surface area contributed by atoms with Crippen LogP contribution in [0.2, 0.25) is 0 Å². The SMILES string of the molecule is CC(Oc1ccc2c(c1)OCO2)C(=O)N1CC(n2cc(COc3ccccc3)nn2)C1. The number of para-hydroxylation sites is 1. The molecular weight excluding hydrogens is 400 g/mol. The molecule has 0 radical (unpaired) electrons. The maximum absolute atomic E-state index is 12.7. The lowest BCUT2D eigenvalue weighted by molar-refractivity contribution is -0.144. The molecule has 1 unspecified atom stereocenters. The van der Waals surface area contributed by atoms with Crippen LogP contribution in [-0.2, 0) is 11.4 Å². The van der Waals surface area contributed by atoms with Crippen LogP contribution in [0, 0.1) is 0 Å². The zero-order chi connectivity index (χ0) is 21.2. The van der Waals surface area contributed by atoms with E-state index in [0.717, 1.165) is 11.4 Å². The van der Waals surface area contributed by atoms with Crippen molar-refractivity contribution >= 4 is 5.91 Å². The molecule has 2 aliphatic heterocycles. The topological polar surface area (TPSA) is 87.9 Å². The monoisotopic (exact) mass is 422 g/mol. The third kappa shape index (κ3) is 4.11. The number of hydrogen-bond acceptors (Lipinski definition) is 7. The lowest BCUT2D eigenvalue weighted by Gasteiger charge is -2.40. The second-order valence-electron chi connectivity index (χ2n) is 7.46. The first kappa shape index (κ1) is 19.2. The maximum Gasteiger partial charge on any atom is 0.263 e. The lowest BCUT2D eigenvalue weighted by atomic mass is 10.1. The van der Waals surface area contributed by atoms with E-state index < -0.39 is 6.10 Å². The van der Waals surface area contributed by atoms with Crippen LogP contribution in [0.3, 0.4) is 0 Å². The average molecular weight is 422 g/mol. The van der Waals surface area contributed by atoms with Crippen molar-refractivity contribution in [2.24, 2.45) is 0 Å². The Morgan fingerprint density at radius 1 is 1.13 bits per heavy atom. The summed E-state index contributed by atoms with van der Waals surface area (Å²) in [7, 11) is 0. The summed E-state index contributed by atoms with van der Waals surface area (Å²) in [5.74, 6) is 2.59. The van der Waals surface area contributed by atoms with Crippen molar-refractivity contribution in [3.63, 3.8) is 0 Å². The highest BCUT2D eigenvalue weighted by molar-refractivity contribution is 5.81. The van der Waals surface area contributed by atoms with Crippen LogP contribution in [0.15, 0.2) is 54.7 Å². The van der Waals surface area contributed by atoms with E-state index in [2.05, 4.69) is 10.3 Å². The van der Waals surface area contributed by atoms with Gasteiger partial charge in [-0.1, -0.05) is 23.4 Å². The quantitative estimate of drug-likeness (QED) is 0.578. The highest BCUT2D eigenvalue weighted by Gasteiger charge is 2.35. The predicted octanol–water partition coefficient (Wildman–Crippen LogP) is 2.44. The van der Waals surface area contributed by atoms with Crippen LogP contribution < -0.4 is 18.9 Å². The van der Waals surface area contributed by atoms with Crippen molar-refractivity contribution in [1.82, 2.24) is 19.9 Å². The summed E-state index contributed by atoms with van der Waals surface area (Å²) >= 11 is 0. The normalized spacial score (nSPS) is 16.0. The largest absolute Gasteiger partial charge is 0.487 e. The van der Waals surface area contributed by atoms with E-state index in [1.165, 1.54) is 0 Å². The number of hydrogen-bond donors (Lipinski definition) is 0. The molecule has 0 spiro atoms. The highest BCUT2D eigenvalue weighted by atomic mass is 16.7. The van der Waals surface area contributed by atoms with E-state index in [4.69, 9.17) is 18.9 Å². The van der Waals surface area contributed by atoms with Crippen molar-refractivity contribution in [1.29, 1.82) is 0 Å². The summed E-state index contributed by atoms with van der Waals surface area (Å²) in [6, 6.07) is 14.9. The van der Waals surface area contributed by atoms with Gasteiger partial charge in [0.15, 0.2) is 17.6 Å². The Morgan fingerprint density at radius 2 is 1.94 bits per heavy atom. The number of likely N-dealkylation sites (tertiary alicyclic amines) is 1. The Morgan fingerprint density at radius 3 is 2.77 bits per heavy atom. The van der Waals surface area contributed by atoms with Gasteiger partial charge in [-0.25, -0.2) is 4.68 Å². The van der Waals surface area contributed by atoms with Crippen LogP contribution in [-0.4, -0.2) is 51.8 Å². The average Bonchev–Trinajstić information content (AvgIpc) is 3.41. The highest BCUT2D eigenvalue weighted by Crippen LogP contribution is 2.35. The summed E-state index contributed by atoms with van der Waals surface area (Å²) in [4.78, 5) is 14.4. The molecule has 9 heteroatoms. The lowest BCUT2D eigenvalue weighted by Crippen LogP contribution is -2.54. The van der Waals surface area contributed by atoms with Crippen LogP contribution in [0.4, 0.5) is 0 Å². The van der Waals surface area contributed by atoms with Crippen molar-refractivity contribution in [2.45, 2.75) is 25.7 Å². The zero-order valence-corrected chi connectivity index (χ0v) is 17.0. The van der Waals surface area contributed by atoms with E-state index >= 15 is 0 Å². The molecule has 9 nitrogen and oxygen atoms in total. The molecule has 1 aromatic heterocycles. The third-order valence-electron chi connectivity index (χ3n) is 5.24. The van der Waals surface area contributed by atoms with Gasteiger partial charge in [0, 0.05) is 19.2 Å². The molecule has 3 aromatic rings. The molecule has 31 heavy (non-hydrogen) atoms. The van der Waals surface area contributed by atoms with Gasteiger partial charge in [-0.3, -0.25) is 4.79 Å². The van der Waals surface area contributed by atoms with Crippen molar-refractivity contribution in [3.8, 4) is 23.0 Å². The predicted molar refractivity (Wildman–Crippen MR) is 109 cm³/mol. The minimum absolute atomic E-state index is 0.0679. The molecule has 0 N–H and O–H groups in total. The van der Waals surface area contributed by atoms with Crippen LogP contribution >= 0.6 is 0 Å². The first-order valence-corrected chi connectivity index (χ1v) is 10.1. The Kier molecular flexibility index (Phi) is 5.07. The molecule has 3 heterocycles. The van der Waals surface area contributed by atoms with E-state index in [9.17, 15) is 4.79 Å². The Labute approximate surface area is 179 Å². The maximum atomic E-state index is 12.7. The fraction of sp³-hybridized carbons (Fsp3) is 0.318. The Balaban J connectivity index is 1.11. The molecule has 2 aliphatic rings. The van der Waals surface area contributed by atoms with Crippen molar-refractivity contribution in [3.05, 3.63) is 60.4 Å². The molecule has 1 amide bonds. The first-order chi connectivity index (χ1) is 15.2. The molecule has 2 aromatic carbocycles. The van der Waals surface area contributed by atoms with Gasteiger partial charge in [-0.05, 0) is 31.2 Å². The first-order valence-electron chi connectivity index (χ1n) is 10.1. The molecule has 5 rings (SSSR count). The molecule has 0 aliphatic carbocycles. The standard InChI is InChI=1S/C22H22N4O5/c1-15(31-19-7-8-20-21(9-19)30-14-29-20)22(27)25-11-17(12-25)26-10-16(23-24-26)13-28-18-5-3-2-4-6-18/h2-10,15,17H,11-14H2,1H3. The van der Waals surface area contributed by atoms with Crippen molar-refractivity contribution in [2.75, 3.05) is 19.9 Å². The number of fused-ring (bicyclic) bond motifs is 1. The Bertz CT molecular complexity index is 1060.